The molecule has 0 unspecified atom stereocenters. The number of ether oxygens (including phenoxy) is 1. The van der Waals surface area contributed by atoms with Crippen molar-refractivity contribution in [3.05, 3.63) is 34.9 Å². The number of benzene rings is 1. The van der Waals surface area contributed by atoms with Crippen molar-refractivity contribution in [1.29, 1.82) is 0 Å². The molecule has 0 saturated heterocycles. The molecule has 33 heavy (non-hydrogen) atoms. The van der Waals surface area contributed by atoms with Gasteiger partial charge >= 0.3 is 5.97 Å². The fourth-order valence-electron chi connectivity index (χ4n) is 4.16. The van der Waals surface area contributed by atoms with E-state index in [-0.39, 0.29) is 12.5 Å². The minimum atomic E-state index is -0.482. The van der Waals surface area contributed by atoms with E-state index in [0.29, 0.717) is 23.2 Å². The Morgan fingerprint density at radius 3 is 1.73 bits per heavy atom. The van der Waals surface area contributed by atoms with Crippen molar-refractivity contribution in [2.45, 2.75) is 116 Å². The molecule has 0 aliphatic heterocycles. The van der Waals surface area contributed by atoms with Crippen molar-refractivity contribution >= 4 is 11.9 Å². The molecular formula is C28H47NO4. The van der Waals surface area contributed by atoms with Gasteiger partial charge in [-0.05, 0) is 30.2 Å². The van der Waals surface area contributed by atoms with Crippen LogP contribution in [0.25, 0.3) is 0 Å². The molecule has 1 rings (SSSR count). The molecule has 0 atom stereocenters. The monoisotopic (exact) mass is 461 g/mol. The zero-order chi connectivity index (χ0) is 24.2. The number of carbonyl (C=O) groups excluding carboxylic acids is 2. The van der Waals surface area contributed by atoms with Crippen molar-refractivity contribution in [1.82, 2.24) is 5.32 Å². The van der Waals surface area contributed by atoms with Crippen LogP contribution in [-0.4, -0.2) is 30.6 Å². The quantitative estimate of drug-likeness (QED) is 0.163. The van der Waals surface area contributed by atoms with Gasteiger partial charge in [-0.2, -0.15) is 0 Å². The van der Waals surface area contributed by atoms with Gasteiger partial charge in [0.2, 0.25) is 0 Å². The number of carbonyl (C=O) groups is 2. The van der Waals surface area contributed by atoms with Crippen molar-refractivity contribution in [2.24, 2.45) is 0 Å². The van der Waals surface area contributed by atoms with Gasteiger partial charge < -0.3 is 15.2 Å². The summed E-state index contributed by atoms with van der Waals surface area (Å²) in [6.45, 7) is 2.60. The molecule has 5 nitrogen and oxygen atoms in total. The molecule has 0 fully saturated rings. The Hall–Kier alpha value is -1.88. The maximum absolute atomic E-state index is 12.4. The van der Waals surface area contributed by atoms with Gasteiger partial charge in [0.25, 0.3) is 5.91 Å². The molecule has 0 spiro atoms. The summed E-state index contributed by atoms with van der Waals surface area (Å²) >= 11 is 0. The minimum Gasteiger partial charge on any atom is -0.465 e. The molecule has 0 bridgehead atoms. The zero-order valence-corrected chi connectivity index (χ0v) is 21.1. The molecular weight excluding hydrogens is 414 g/mol. The number of methoxy groups -OCH3 is 1. The second-order valence-corrected chi connectivity index (χ2v) is 9.08. The third-order valence-electron chi connectivity index (χ3n) is 6.26. The lowest BCUT2D eigenvalue weighted by molar-refractivity contribution is 0.0600. The van der Waals surface area contributed by atoms with Gasteiger partial charge in [-0.3, -0.25) is 4.79 Å². The summed E-state index contributed by atoms with van der Waals surface area (Å²) in [5, 5.41) is 12.5. The number of aliphatic hydroxyl groups is 1. The molecule has 188 valence electrons. The van der Waals surface area contributed by atoms with E-state index in [1.165, 1.54) is 103 Å². The molecule has 0 aromatic heterocycles. The van der Waals surface area contributed by atoms with Crippen molar-refractivity contribution in [3.8, 4) is 0 Å². The Balaban J connectivity index is 2.00. The molecule has 1 aromatic rings. The van der Waals surface area contributed by atoms with Gasteiger partial charge in [-0.25, -0.2) is 4.79 Å². The molecule has 0 aliphatic rings. The maximum Gasteiger partial charge on any atom is 0.337 e. The highest BCUT2D eigenvalue weighted by Gasteiger charge is 2.14. The average molecular weight is 462 g/mol. The van der Waals surface area contributed by atoms with Gasteiger partial charge in [-0.1, -0.05) is 103 Å². The summed E-state index contributed by atoms with van der Waals surface area (Å²) < 4.78 is 4.68. The second kappa shape index (κ2) is 19.6. The topological polar surface area (TPSA) is 75.6 Å². The normalized spacial score (nSPS) is 10.9. The predicted octanol–water partition coefficient (Wildman–Crippen LogP) is 6.96. The third-order valence-corrected chi connectivity index (χ3v) is 6.26. The first-order chi connectivity index (χ1) is 16.1. The lowest BCUT2D eigenvalue weighted by atomic mass is 10.0. The number of nitrogens with one attached hydrogen (secondary N) is 1. The standard InChI is InChI=1S/C28H47NO4/c1-3-4-5-6-7-8-9-10-11-12-13-14-15-16-17-18-21-29-27(31)26-20-19-24(28(32)33-2)22-25(26)23-30/h19-20,22,30H,3-18,21,23H2,1-2H3,(H,29,31). The summed E-state index contributed by atoms with van der Waals surface area (Å²) in [7, 11) is 1.31. The molecule has 2 N–H and O–H groups in total. The highest BCUT2D eigenvalue weighted by Crippen LogP contribution is 2.15. The number of esters is 1. The number of hydrogen-bond acceptors (Lipinski definition) is 4. The van der Waals surface area contributed by atoms with E-state index < -0.39 is 5.97 Å². The molecule has 1 amide bonds. The number of hydrogen-bond donors (Lipinski definition) is 2. The van der Waals surface area contributed by atoms with Gasteiger partial charge in [0, 0.05) is 12.1 Å². The van der Waals surface area contributed by atoms with Crippen LogP contribution in [0.4, 0.5) is 0 Å². The van der Waals surface area contributed by atoms with Gasteiger partial charge in [0.15, 0.2) is 0 Å². The summed E-state index contributed by atoms with van der Waals surface area (Å²) in [4.78, 5) is 24.0. The third kappa shape index (κ3) is 13.4. The van der Waals surface area contributed by atoms with Crippen LogP contribution >= 0.6 is 0 Å². The molecule has 0 saturated carbocycles. The molecule has 1 aromatic carbocycles. The van der Waals surface area contributed by atoms with Gasteiger partial charge in [-0.15, -0.1) is 0 Å². The minimum absolute atomic E-state index is 0.212. The summed E-state index contributed by atoms with van der Waals surface area (Å²) in [6.07, 6.45) is 21.2. The Labute approximate surface area is 201 Å². The summed E-state index contributed by atoms with van der Waals surface area (Å²) in [6, 6.07) is 4.63. The highest BCUT2D eigenvalue weighted by atomic mass is 16.5. The van der Waals surface area contributed by atoms with Crippen LogP contribution in [0, 0.1) is 0 Å². The van der Waals surface area contributed by atoms with Gasteiger partial charge in [0.1, 0.15) is 0 Å². The first-order valence-corrected chi connectivity index (χ1v) is 13.2. The predicted molar refractivity (Wildman–Crippen MR) is 136 cm³/mol. The van der Waals surface area contributed by atoms with Crippen molar-refractivity contribution in [2.75, 3.05) is 13.7 Å². The SMILES string of the molecule is CCCCCCCCCCCCCCCCCCNC(=O)c1ccc(C(=O)OC)cc1CO. The maximum atomic E-state index is 12.4. The summed E-state index contributed by atoms with van der Waals surface area (Å²) in [5.74, 6) is -0.693. The summed E-state index contributed by atoms with van der Waals surface area (Å²) in [5.41, 5.74) is 1.17. The van der Waals surface area contributed by atoms with Crippen molar-refractivity contribution in [3.63, 3.8) is 0 Å². The number of rotatable bonds is 20. The highest BCUT2D eigenvalue weighted by molar-refractivity contribution is 5.97. The Morgan fingerprint density at radius 2 is 1.27 bits per heavy atom. The van der Waals surface area contributed by atoms with E-state index in [1.54, 1.807) is 12.1 Å². The van der Waals surface area contributed by atoms with E-state index >= 15 is 0 Å². The van der Waals surface area contributed by atoms with Crippen LogP contribution < -0.4 is 5.32 Å². The number of amides is 1. The number of unbranched alkanes of at least 4 members (excludes halogenated alkanes) is 15. The zero-order valence-electron chi connectivity index (χ0n) is 21.1. The fraction of sp³-hybridized carbons (Fsp3) is 0.714. The van der Waals surface area contributed by atoms with Gasteiger partial charge in [0.05, 0.1) is 19.3 Å². The lowest BCUT2D eigenvalue weighted by Gasteiger charge is -2.10. The van der Waals surface area contributed by atoms with Crippen LogP contribution in [-0.2, 0) is 11.3 Å². The van der Waals surface area contributed by atoms with E-state index in [1.807, 2.05) is 0 Å². The second-order valence-electron chi connectivity index (χ2n) is 9.08. The number of aliphatic hydroxyl groups excluding tert-OH is 1. The van der Waals surface area contributed by atoms with E-state index in [4.69, 9.17) is 0 Å². The fourth-order valence-corrected chi connectivity index (χ4v) is 4.16. The van der Waals surface area contributed by atoms with Crippen molar-refractivity contribution < 1.29 is 19.4 Å². The first kappa shape index (κ1) is 29.2. The van der Waals surface area contributed by atoms with Crippen LogP contribution in [0.2, 0.25) is 0 Å². The van der Waals surface area contributed by atoms with Crippen LogP contribution in [0.1, 0.15) is 136 Å². The Kier molecular flexibility index (Phi) is 17.3. The van der Waals surface area contributed by atoms with Crippen LogP contribution in [0.3, 0.4) is 0 Å². The largest absolute Gasteiger partial charge is 0.465 e. The molecule has 0 heterocycles. The molecule has 0 radical (unpaired) electrons. The van der Waals surface area contributed by atoms with E-state index in [2.05, 4.69) is 17.0 Å². The molecule has 5 heteroatoms. The van der Waals surface area contributed by atoms with E-state index in [0.717, 1.165) is 12.8 Å². The first-order valence-electron chi connectivity index (χ1n) is 13.2. The molecule has 0 aliphatic carbocycles. The van der Waals surface area contributed by atoms with Crippen LogP contribution in [0.5, 0.6) is 0 Å². The van der Waals surface area contributed by atoms with Crippen LogP contribution in [0.15, 0.2) is 18.2 Å². The van der Waals surface area contributed by atoms with E-state index in [9.17, 15) is 14.7 Å². The smallest absolute Gasteiger partial charge is 0.337 e. The lowest BCUT2D eigenvalue weighted by Crippen LogP contribution is -2.25. The Morgan fingerprint density at radius 1 is 0.788 bits per heavy atom. The Bertz CT molecular complexity index is 659. The average Bonchev–Trinajstić information content (AvgIpc) is 2.84.